The van der Waals surface area contributed by atoms with Gasteiger partial charge in [0, 0.05) is 45.0 Å². The van der Waals surface area contributed by atoms with Gasteiger partial charge in [-0.25, -0.2) is 4.98 Å². The van der Waals surface area contributed by atoms with Gasteiger partial charge in [0.05, 0.1) is 24.3 Å². The number of hydrogen-bond acceptors (Lipinski definition) is 5. The number of hydrogen-bond donors (Lipinski definition) is 1. The molecule has 6 nitrogen and oxygen atoms in total. The third kappa shape index (κ3) is 3.33. The van der Waals surface area contributed by atoms with E-state index in [9.17, 15) is 0 Å². The highest BCUT2D eigenvalue weighted by Crippen LogP contribution is 2.19. The van der Waals surface area contributed by atoms with Gasteiger partial charge in [0.2, 0.25) is 0 Å². The van der Waals surface area contributed by atoms with E-state index in [4.69, 9.17) is 0 Å². The van der Waals surface area contributed by atoms with E-state index in [1.54, 1.807) is 0 Å². The van der Waals surface area contributed by atoms with Gasteiger partial charge in [0.15, 0.2) is 0 Å². The molecule has 0 bridgehead atoms. The molecule has 0 atom stereocenters. The molecular formula is C14H20N6. The number of nitrogens with zero attached hydrogens (tertiary/aromatic N) is 5. The fourth-order valence-corrected chi connectivity index (χ4v) is 2.08. The van der Waals surface area contributed by atoms with Crippen LogP contribution in [0.3, 0.4) is 0 Å². The summed E-state index contributed by atoms with van der Waals surface area (Å²) < 4.78 is 1.81. The Morgan fingerprint density at radius 3 is 2.75 bits per heavy atom. The summed E-state index contributed by atoms with van der Waals surface area (Å²) >= 11 is 0. The van der Waals surface area contributed by atoms with E-state index in [0.29, 0.717) is 6.04 Å². The average Bonchev–Trinajstić information content (AvgIpc) is 3.20. The number of aromatic nitrogens is 4. The number of nitrogens with one attached hydrogen (secondary N) is 1. The Labute approximate surface area is 118 Å². The Morgan fingerprint density at radius 2 is 2.15 bits per heavy atom. The molecule has 106 valence electrons. The maximum atomic E-state index is 4.48. The summed E-state index contributed by atoms with van der Waals surface area (Å²) in [6.07, 6.45) is 10.2. The van der Waals surface area contributed by atoms with Crippen molar-refractivity contribution >= 4 is 5.82 Å². The molecule has 2 aromatic heterocycles. The van der Waals surface area contributed by atoms with Crippen molar-refractivity contribution < 1.29 is 0 Å². The molecule has 0 aliphatic heterocycles. The smallest absolute Gasteiger partial charge is 0.147 e. The van der Waals surface area contributed by atoms with Crippen LogP contribution in [0.15, 0.2) is 24.8 Å². The molecule has 1 aliphatic carbocycles. The molecule has 1 saturated carbocycles. The zero-order valence-electron chi connectivity index (χ0n) is 12.0. The number of aryl methyl sites for hydroxylation is 1. The van der Waals surface area contributed by atoms with E-state index >= 15 is 0 Å². The van der Waals surface area contributed by atoms with Gasteiger partial charge in [-0.1, -0.05) is 0 Å². The Kier molecular flexibility index (Phi) is 3.64. The van der Waals surface area contributed by atoms with Crippen LogP contribution in [0.5, 0.6) is 0 Å². The molecular weight excluding hydrogens is 252 g/mol. The maximum Gasteiger partial charge on any atom is 0.147 e. The standard InChI is InChI=1S/C14H20N6/c1-19(9-11-5-18-20(2)10-11)14-8-16-13(7-17-14)6-15-12-3-4-12/h5,7-8,10,12,15H,3-4,6,9H2,1-2H3. The van der Waals surface area contributed by atoms with Gasteiger partial charge in [0.1, 0.15) is 5.82 Å². The molecule has 20 heavy (non-hydrogen) atoms. The lowest BCUT2D eigenvalue weighted by atomic mass is 10.3. The molecule has 1 N–H and O–H groups in total. The Morgan fingerprint density at radius 1 is 1.30 bits per heavy atom. The lowest BCUT2D eigenvalue weighted by Gasteiger charge is -2.16. The summed E-state index contributed by atoms with van der Waals surface area (Å²) in [5, 5.41) is 7.61. The summed E-state index contributed by atoms with van der Waals surface area (Å²) in [4.78, 5) is 11.0. The van der Waals surface area contributed by atoms with Crippen LogP contribution in [0.2, 0.25) is 0 Å². The molecule has 0 radical (unpaired) electrons. The molecule has 2 aromatic rings. The lowest BCUT2D eigenvalue weighted by molar-refractivity contribution is 0.671. The minimum Gasteiger partial charge on any atom is -0.354 e. The summed E-state index contributed by atoms with van der Waals surface area (Å²) in [7, 11) is 3.93. The topological polar surface area (TPSA) is 58.9 Å². The van der Waals surface area contributed by atoms with Crippen LogP contribution < -0.4 is 10.2 Å². The van der Waals surface area contributed by atoms with Gasteiger partial charge < -0.3 is 10.2 Å². The number of rotatable bonds is 6. The van der Waals surface area contributed by atoms with Crippen LogP contribution in [-0.4, -0.2) is 32.8 Å². The SMILES string of the molecule is CN(Cc1cnn(C)c1)c1cnc(CNC2CC2)cn1. The van der Waals surface area contributed by atoms with Crippen molar-refractivity contribution in [3.8, 4) is 0 Å². The summed E-state index contributed by atoms with van der Waals surface area (Å²) in [5.41, 5.74) is 2.16. The van der Waals surface area contributed by atoms with Crippen LogP contribution in [0, 0.1) is 0 Å². The third-order valence-corrected chi connectivity index (χ3v) is 3.41. The van der Waals surface area contributed by atoms with Gasteiger partial charge in [-0.15, -0.1) is 0 Å². The van der Waals surface area contributed by atoms with Gasteiger partial charge in [-0.2, -0.15) is 5.10 Å². The van der Waals surface area contributed by atoms with Gasteiger partial charge in [-0.3, -0.25) is 9.67 Å². The largest absolute Gasteiger partial charge is 0.354 e. The molecule has 0 amide bonds. The minimum absolute atomic E-state index is 0.699. The van der Waals surface area contributed by atoms with E-state index in [1.807, 2.05) is 43.6 Å². The zero-order valence-corrected chi connectivity index (χ0v) is 12.0. The quantitative estimate of drug-likeness (QED) is 0.853. The van der Waals surface area contributed by atoms with Crippen molar-refractivity contribution in [2.75, 3.05) is 11.9 Å². The molecule has 6 heteroatoms. The lowest BCUT2D eigenvalue weighted by Crippen LogP contribution is -2.19. The number of anilines is 1. The third-order valence-electron chi connectivity index (χ3n) is 3.41. The predicted octanol–water partition coefficient (Wildman–Crippen LogP) is 1.10. The molecule has 0 spiro atoms. The summed E-state index contributed by atoms with van der Waals surface area (Å²) in [5.74, 6) is 0.879. The highest BCUT2D eigenvalue weighted by molar-refractivity contribution is 5.35. The van der Waals surface area contributed by atoms with Crippen molar-refractivity contribution in [1.29, 1.82) is 0 Å². The van der Waals surface area contributed by atoms with Gasteiger partial charge in [0.25, 0.3) is 0 Å². The first kappa shape index (κ1) is 13.1. The fraction of sp³-hybridized carbons (Fsp3) is 0.500. The van der Waals surface area contributed by atoms with E-state index < -0.39 is 0 Å². The van der Waals surface area contributed by atoms with Crippen molar-refractivity contribution in [2.24, 2.45) is 7.05 Å². The van der Waals surface area contributed by atoms with E-state index in [0.717, 1.165) is 30.2 Å². The van der Waals surface area contributed by atoms with Crippen LogP contribution >= 0.6 is 0 Å². The van der Waals surface area contributed by atoms with Crippen LogP contribution in [-0.2, 0) is 20.1 Å². The first-order valence-electron chi connectivity index (χ1n) is 6.93. The molecule has 1 aliphatic rings. The second-order valence-corrected chi connectivity index (χ2v) is 5.40. The first-order chi connectivity index (χ1) is 9.70. The van der Waals surface area contributed by atoms with Crippen molar-refractivity contribution in [1.82, 2.24) is 25.1 Å². The van der Waals surface area contributed by atoms with E-state index in [-0.39, 0.29) is 0 Å². The second-order valence-electron chi connectivity index (χ2n) is 5.40. The van der Waals surface area contributed by atoms with Crippen molar-refractivity contribution in [3.63, 3.8) is 0 Å². The van der Waals surface area contributed by atoms with Gasteiger partial charge >= 0.3 is 0 Å². The average molecular weight is 272 g/mol. The summed E-state index contributed by atoms with van der Waals surface area (Å²) in [6, 6.07) is 0.699. The van der Waals surface area contributed by atoms with E-state index in [1.165, 1.54) is 12.8 Å². The normalized spacial score (nSPS) is 14.5. The van der Waals surface area contributed by atoms with Crippen molar-refractivity contribution in [3.05, 3.63) is 36.0 Å². The molecule has 0 saturated heterocycles. The second kappa shape index (κ2) is 5.58. The Hall–Kier alpha value is -1.95. The Balaban J connectivity index is 1.57. The van der Waals surface area contributed by atoms with Crippen LogP contribution in [0.1, 0.15) is 24.1 Å². The van der Waals surface area contributed by atoms with Crippen LogP contribution in [0.4, 0.5) is 5.82 Å². The highest BCUT2D eigenvalue weighted by Gasteiger charge is 2.20. The maximum absolute atomic E-state index is 4.48. The molecule has 1 fully saturated rings. The predicted molar refractivity (Wildman–Crippen MR) is 77.2 cm³/mol. The highest BCUT2D eigenvalue weighted by atomic mass is 15.2. The summed E-state index contributed by atoms with van der Waals surface area (Å²) in [6.45, 7) is 1.59. The van der Waals surface area contributed by atoms with Gasteiger partial charge in [-0.05, 0) is 12.8 Å². The molecule has 0 unspecified atom stereocenters. The molecule has 3 rings (SSSR count). The van der Waals surface area contributed by atoms with Crippen LogP contribution in [0.25, 0.3) is 0 Å². The Bertz CT molecular complexity index is 557. The van der Waals surface area contributed by atoms with Crippen molar-refractivity contribution in [2.45, 2.75) is 32.0 Å². The minimum atomic E-state index is 0.699. The zero-order chi connectivity index (χ0) is 13.9. The first-order valence-corrected chi connectivity index (χ1v) is 6.93. The monoisotopic (exact) mass is 272 g/mol. The van der Waals surface area contributed by atoms with E-state index in [2.05, 4.69) is 25.3 Å². The molecule has 0 aromatic carbocycles. The molecule has 2 heterocycles. The fourth-order valence-electron chi connectivity index (χ4n) is 2.08.